The van der Waals surface area contributed by atoms with Crippen LogP contribution in [0.25, 0.3) is 0 Å². The summed E-state index contributed by atoms with van der Waals surface area (Å²) in [5, 5.41) is 8.41. The van der Waals surface area contributed by atoms with E-state index in [2.05, 4.69) is 6.58 Å². The molecule has 2 nitrogen and oxygen atoms in total. The lowest BCUT2D eigenvalue weighted by Gasteiger charge is -2.12. The number of hydrogen-bond acceptors (Lipinski definition) is 2. The molecule has 0 heterocycles. The van der Waals surface area contributed by atoms with Crippen molar-refractivity contribution in [2.45, 2.75) is 25.3 Å². The van der Waals surface area contributed by atoms with E-state index in [1.807, 2.05) is 6.07 Å². The lowest BCUT2D eigenvalue weighted by molar-refractivity contribution is 0.553. The van der Waals surface area contributed by atoms with E-state index < -0.39 is 5.54 Å². The van der Waals surface area contributed by atoms with Crippen molar-refractivity contribution in [3.8, 4) is 6.07 Å². The molecule has 0 aromatic rings. The first-order valence-corrected chi connectivity index (χ1v) is 2.93. The van der Waals surface area contributed by atoms with Crippen LogP contribution >= 0.6 is 0 Å². The molecule has 9 heavy (non-hydrogen) atoms. The molecule has 0 amide bonds. The fourth-order valence-electron chi connectivity index (χ4n) is 0.458. The van der Waals surface area contributed by atoms with Gasteiger partial charge in [0.15, 0.2) is 0 Å². The predicted molar refractivity (Wildman–Crippen MR) is 37.6 cm³/mol. The first kappa shape index (κ1) is 8.19. The van der Waals surface area contributed by atoms with Gasteiger partial charge in [-0.05, 0) is 19.8 Å². The van der Waals surface area contributed by atoms with Gasteiger partial charge in [-0.1, -0.05) is 6.08 Å². The summed E-state index contributed by atoms with van der Waals surface area (Å²) in [7, 11) is 0. The maximum Gasteiger partial charge on any atom is 0.101 e. The first-order valence-electron chi connectivity index (χ1n) is 2.93. The SMILES string of the molecule is C=CCCC(C)(N)C#N. The maximum absolute atomic E-state index is 8.41. The fraction of sp³-hybridized carbons (Fsp3) is 0.571. The van der Waals surface area contributed by atoms with Crippen LogP contribution in [0.1, 0.15) is 19.8 Å². The Morgan fingerprint density at radius 2 is 2.44 bits per heavy atom. The normalized spacial score (nSPS) is 15.7. The van der Waals surface area contributed by atoms with Crippen molar-refractivity contribution in [3.63, 3.8) is 0 Å². The number of nitrogens with zero attached hydrogens (tertiary/aromatic N) is 1. The van der Waals surface area contributed by atoms with Gasteiger partial charge in [0.05, 0.1) is 6.07 Å². The zero-order chi connectivity index (χ0) is 7.33. The van der Waals surface area contributed by atoms with E-state index in [4.69, 9.17) is 11.0 Å². The van der Waals surface area contributed by atoms with Gasteiger partial charge in [-0.25, -0.2) is 0 Å². The molecule has 0 saturated carbocycles. The smallest absolute Gasteiger partial charge is 0.101 e. The minimum atomic E-state index is -0.672. The van der Waals surface area contributed by atoms with Crippen LogP contribution in [-0.2, 0) is 0 Å². The first-order chi connectivity index (χ1) is 4.12. The van der Waals surface area contributed by atoms with E-state index in [0.29, 0.717) is 6.42 Å². The van der Waals surface area contributed by atoms with Gasteiger partial charge in [0.2, 0.25) is 0 Å². The van der Waals surface area contributed by atoms with E-state index >= 15 is 0 Å². The van der Waals surface area contributed by atoms with Crippen LogP contribution in [0.5, 0.6) is 0 Å². The van der Waals surface area contributed by atoms with Gasteiger partial charge in [0.25, 0.3) is 0 Å². The molecular formula is C7H12N2. The number of hydrogen-bond donors (Lipinski definition) is 1. The molecule has 0 fully saturated rings. The second-order valence-corrected chi connectivity index (χ2v) is 2.36. The molecule has 0 aliphatic heterocycles. The molecule has 2 heteroatoms. The summed E-state index contributed by atoms with van der Waals surface area (Å²) in [4.78, 5) is 0. The highest BCUT2D eigenvalue weighted by atomic mass is 14.7. The van der Waals surface area contributed by atoms with Crippen LogP contribution in [0.15, 0.2) is 12.7 Å². The number of allylic oxidation sites excluding steroid dienone is 1. The molecular weight excluding hydrogens is 112 g/mol. The Morgan fingerprint density at radius 1 is 1.89 bits per heavy atom. The van der Waals surface area contributed by atoms with E-state index in [9.17, 15) is 0 Å². The second kappa shape index (κ2) is 3.26. The lowest BCUT2D eigenvalue weighted by Crippen LogP contribution is -2.33. The quantitative estimate of drug-likeness (QED) is 0.574. The molecule has 50 valence electrons. The van der Waals surface area contributed by atoms with Crippen molar-refractivity contribution >= 4 is 0 Å². The van der Waals surface area contributed by atoms with Crippen molar-refractivity contribution in [2.75, 3.05) is 0 Å². The number of nitriles is 1. The Balaban J connectivity index is 3.61. The Bertz CT molecular complexity index is 130. The fourth-order valence-corrected chi connectivity index (χ4v) is 0.458. The third-order valence-corrected chi connectivity index (χ3v) is 1.12. The minimum Gasteiger partial charge on any atom is -0.314 e. The van der Waals surface area contributed by atoms with E-state index in [-0.39, 0.29) is 0 Å². The van der Waals surface area contributed by atoms with Crippen LogP contribution in [0.4, 0.5) is 0 Å². The second-order valence-electron chi connectivity index (χ2n) is 2.36. The van der Waals surface area contributed by atoms with Crippen LogP contribution < -0.4 is 5.73 Å². The molecule has 0 rings (SSSR count). The molecule has 1 unspecified atom stereocenters. The van der Waals surface area contributed by atoms with Crippen molar-refractivity contribution in [1.82, 2.24) is 0 Å². The molecule has 0 bridgehead atoms. The molecule has 0 spiro atoms. The largest absolute Gasteiger partial charge is 0.314 e. The summed E-state index contributed by atoms with van der Waals surface area (Å²) in [5.74, 6) is 0. The van der Waals surface area contributed by atoms with Crippen LogP contribution in [-0.4, -0.2) is 5.54 Å². The van der Waals surface area contributed by atoms with E-state index in [1.165, 1.54) is 0 Å². The van der Waals surface area contributed by atoms with Gasteiger partial charge in [-0.3, -0.25) is 0 Å². The summed E-state index contributed by atoms with van der Waals surface area (Å²) in [6.45, 7) is 5.25. The van der Waals surface area contributed by atoms with E-state index in [1.54, 1.807) is 13.0 Å². The highest BCUT2D eigenvalue weighted by Crippen LogP contribution is 2.06. The molecule has 0 aromatic carbocycles. The summed E-state index contributed by atoms with van der Waals surface area (Å²) in [6, 6.07) is 2.01. The average molecular weight is 124 g/mol. The summed E-state index contributed by atoms with van der Waals surface area (Å²) >= 11 is 0. The van der Waals surface area contributed by atoms with Crippen LogP contribution in [0.2, 0.25) is 0 Å². The van der Waals surface area contributed by atoms with Crippen molar-refractivity contribution in [2.24, 2.45) is 5.73 Å². The third kappa shape index (κ3) is 3.75. The van der Waals surface area contributed by atoms with Gasteiger partial charge >= 0.3 is 0 Å². The number of nitrogens with two attached hydrogens (primary N) is 1. The third-order valence-electron chi connectivity index (χ3n) is 1.12. The van der Waals surface area contributed by atoms with Gasteiger partial charge < -0.3 is 5.73 Å². The Hall–Kier alpha value is -0.810. The van der Waals surface area contributed by atoms with Crippen LogP contribution in [0.3, 0.4) is 0 Å². The monoisotopic (exact) mass is 124 g/mol. The van der Waals surface area contributed by atoms with E-state index in [0.717, 1.165) is 6.42 Å². The van der Waals surface area contributed by atoms with Crippen molar-refractivity contribution < 1.29 is 0 Å². The number of rotatable bonds is 3. The zero-order valence-corrected chi connectivity index (χ0v) is 5.72. The molecule has 0 aromatic heterocycles. The summed E-state index contributed by atoms with van der Waals surface area (Å²) in [5.41, 5.74) is 4.82. The standard InChI is InChI=1S/C7H12N2/c1-3-4-5-7(2,9)6-8/h3H,1,4-5,9H2,2H3. The highest BCUT2D eigenvalue weighted by molar-refractivity contribution is 5.01. The Kier molecular flexibility index (Phi) is 2.97. The topological polar surface area (TPSA) is 49.8 Å². The predicted octanol–water partition coefficient (Wildman–Crippen LogP) is 1.19. The van der Waals surface area contributed by atoms with Gasteiger partial charge in [-0.2, -0.15) is 5.26 Å². The van der Waals surface area contributed by atoms with Crippen molar-refractivity contribution in [3.05, 3.63) is 12.7 Å². The molecule has 0 aliphatic rings. The average Bonchev–Trinajstić information content (AvgIpc) is 1.84. The Morgan fingerprint density at radius 3 is 2.78 bits per heavy atom. The molecule has 0 saturated heterocycles. The lowest BCUT2D eigenvalue weighted by atomic mass is 10.00. The summed E-state index contributed by atoms with van der Waals surface area (Å²) in [6.07, 6.45) is 3.26. The van der Waals surface area contributed by atoms with Crippen LogP contribution in [0, 0.1) is 11.3 Å². The summed E-state index contributed by atoms with van der Waals surface area (Å²) < 4.78 is 0. The molecule has 0 radical (unpaired) electrons. The van der Waals surface area contributed by atoms with Gasteiger partial charge in [0, 0.05) is 0 Å². The highest BCUT2D eigenvalue weighted by Gasteiger charge is 2.14. The maximum atomic E-state index is 8.41. The van der Waals surface area contributed by atoms with Gasteiger partial charge in [0.1, 0.15) is 5.54 Å². The Labute approximate surface area is 56.0 Å². The zero-order valence-electron chi connectivity index (χ0n) is 5.72. The minimum absolute atomic E-state index is 0.672. The molecule has 1 atom stereocenters. The van der Waals surface area contributed by atoms with Crippen molar-refractivity contribution in [1.29, 1.82) is 5.26 Å². The van der Waals surface area contributed by atoms with Gasteiger partial charge in [-0.15, -0.1) is 6.58 Å². The molecule has 2 N–H and O–H groups in total. The molecule has 0 aliphatic carbocycles.